The summed E-state index contributed by atoms with van der Waals surface area (Å²) in [5.74, 6) is -2.36. The second-order valence-corrected chi connectivity index (χ2v) is 3.68. The molecule has 1 rings (SSSR count). The minimum atomic E-state index is -0.870. The number of hydrogen-bond acceptors (Lipinski definition) is 4. The van der Waals surface area contributed by atoms with Gasteiger partial charge < -0.3 is 4.74 Å². The summed E-state index contributed by atoms with van der Waals surface area (Å²) >= 11 is 5.49. The molecule has 18 heavy (non-hydrogen) atoms. The molecule has 0 saturated carbocycles. The molecule has 0 amide bonds. The number of hydrazone groups is 1. The summed E-state index contributed by atoms with van der Waals surface area (Å²) in [7, 11) is 0. The number of rotatable bonds is 4. The van der Waals surface area contributed by atoms with Crippen molar-refractivity contribution < 1.29 is 18.3 Å². The van der Waals surface area contributed by atoms with Gasteiger partial charge in [0, 0.05) is 6.07 Å². The van der Waals surface area contributed by atoms with Crippen LogP contribution in [0.15, 0.2) is 17.2 Å². The van der Waals surface area contributed by atoms with E-state index >= 15 is 0 Å². The van der Waals surface area contributed by atoms with E-state index in [1.807, 2.05) is 0 Å². The van der Waals surface area contributed by atoms with Crippen LogP contribution in [0, 0.1) is 11.6 Å². The number of halogens is 3. The lowest BCUT2D eigenvalue weighted by atomic mass is 10.3. The maximum atomic E-state index is 13.3. The molecule has 1 N–H and O–H groups in total. The Bertz CT molecular complexity index is 492. The number of benzene rings is 1. The van der Waals surface area contributed by atoms with Crippen LogP contribution in [0.4, 0.5) is 14.5 Å². The molecule has 0 bridgehead atoms. The Morgan fingerprint density at radius 1 is 1.44 bits per heavy atom. The van der Waals surface area contributed by atoms with E-state index in [1.165, 1.54) is 6.92 Å². The third-order valence-electron chi connectivity index (χ3n) is 1.92. The smallest absolute Gasteiger partial charge is 0.354 e. The summed E-state index contributed by atoms with van der Waals surface area (Å²) in [6, 6.07) is 1.66. The number of anilines is 1. The molecule has 0 atom stereocenters. The maximum absolute atomic E-state index is 13.3. The molecule has 0 saturated heterocycles. The first-order valence-electron chi connectivity index (χ1n) is 5.07. The van der Waals surface area contributed by atoms with Gasteiger partial charge in [-0.25, -0.2) is 13.6 Å². The summed E-state index contributed by atoms with van der Waals surface area (Å²) < 4.78 is 30.8. The predicted octanol–water partition coefficient (Wildman–Crippen LogP) is 2.97. The van der Waals surface area contributed by atoms with Crippen LogP contribution in [0.1, 0.15) is 13.8 Å². The molecule has 0 spiro atoms. The van der Waals surface area contributed by atoms with Gasteiger partial charge in [0.1, 0.15) is 11.5 Å². The van der Waals surface area contributed by atoms with E-state index in [0.29, 0.717) is 6.07 Å². The van der Waals surface area contributed by atoms with Crippen molar-refractivity contribution in [3.8, 4) is 0 Å². The third kappa shape index (κ3) is 3.66. The minimum absolute atomic E-state index is 0.0108. The van der Waals surface area contributed by atoms with E-state index in [9.17, 15) is 13.6 Å². The Morgan fingerprint density at radius 2 is 2.11 bits per heavy atom. The number of carbonyl (C=O) groups excluding carboxylic acids is 1. The van der Waals surface area contributed by atoms with Crippen molar-refractivity contribution in [2.75, 3.05) is 12.0 Å². The van der Waals surface area contributed by atoms with E-state index in [1.54, 1.807) is 6.92 Å². The lowest BCUT2D eigenvalue weighted by Gasteiger charge is -2.05. The first-order chi connectivity index (χ1) is 8.45. The molecule has 4 nitrogen and oxygen atoms in total. The second kappa shape index (κ2) is 6.30. The van der Waals surface area contributed by atoms with Crippen molar-refractivity contribution in [3.05, 3.63) is 28.8 Å². The zero-order chi connectivity index (χ0) is 13.7. The fourth-order valence-electron chi connectivity index (χ4n) is 1.03. The van der Waals surface area contributed by atoms with Gasteiger partial charge in [-0.05, 0) is 19.9 Å². The van der Waals surface area contributed by atoms with Gasteiger partial charge in [0.2, 0.25) is 0 Å². The highest BCUT2D eigenvalue weighted by molar-refractivity contribution is 6.35. The SMILES string of the molecule is CCOC(=O)/C(C)=N/Nc1cc(Cl)c(F)cc1F. The lowest BCUT2D eigenvalue weighted by Crippen LogP contribution is -2.15. The zero-order valence-corrected chi connectivity index (χ0v) is 10.5. The predicted molar refractivity (Wildman–Crippen MR) is 64.7 cm³/mol. The van der Waals surface area contributed by atoms with Crippen LogP contribution in [0.25, 0.3) is 0 Å². The lowest BCUT2D eigenvalue weighted by molar-refractivity contribution is -0.135. The molecule has 0 aliphatic heterocycles. The van der Waals surface area contributed by atoms with Gasteiger partial charge in [-0.3, -0.25) is 5.43 Å². The van der Waals surface area contributed by atoms with Gasteiger partial charge >= 0.3 is 5.97 Å². The van der Waals surface area contributed by atoms with Crippen molar-refractivity contribution in [1.29, 1.82) is 0 Å². The molecule has 0 radical (unpaired) electrons. The number of carbonyl (C=O) groups is 1. The number of nitrogens with zero attached hydrogens (tertiary/aromatic N) is 1. The molecular weight excluding hydrogens is 266 g/mol. The standard InChI is InChI=1S/C11H11ClF2N2O2/c1-3-18-11(17)6(2)15-16-10-4-7(12)8(13)5-9(10)14/h4-5,16H,3H2,1-2H3/b15-6+. The fraction of sp³-hybridized carbons (Fsp3) is 0.273. The Morgan fingerprint density at radius 3 is 2.72 bits per heavy atom. The Labute approximate surface area is 108 Å². The Balaban J connectivity index is 2.83. The average Bonchev–Trinajstić information content (AvgIpc) is 2.32. The highest BCUT2D eigenvalue weighted by Gasteiger charge is 2.10. The quantitative estimate of drug-likeness (QED) is 0.398. The normalized spacial score (nSPS) is 11.3. The van der Waals surface area contributed by atoms with E-state index in [2.05, 4.69) is 15.3 Å². The molecule has 0 heterocycles. The number of nitrogens with one attached hydrogen (secondary N) is 1. The second-order valence-electron chi connectivity index (χ2n) is 3.28. The largest absolute Gasteiger partial charge is 0.461 e. The van der Waals surface area contributed by atoms with E-state index < -0.39 is 17.6 Å². The topological polar surface area (TPSA) is 50.7 Å². The Hall–Kier alpha value is -1.69. The van der Waals surface area contributed by atoms with Crippen LogP contribution in [0.3, 0.4) is 0 Å². The fourth-order valence-corrected chi connectivity index (χ4v) is 1.20. The highest BCUT2D eigenvalue weighted by atomic mass is 35.5. The molecule has 1 aromatic rings. The van der Waals surface area contributed by atoms with Crippen LogP contribution in [-0.2, 0) is 9.53 Å². The van der Waals surface area contributed by atoms with Crippen molar-refractivity contribution in [1.82, 2.24) is 0 Å². The number of hydrogen-bond donors (Lipinski definition) is 1. The summed E-state index contributed by atoms with van der Waals surface area (Å²) in [5, 5.41) is 3.37. The first kappa shape index (κ1) is 14.4. The zero-order valence-electron chi connectivity index (χ0n) is 9.76. The minimum Gasteiger partial charge on any atom is -0.461 e. The van der Waals surface area contributed by atoms with Gasteiger partial charge in [-0.2, -0.15) is 5.10 Å². The van der Waals surface area contributed by atoms with Gasteiger partial charge in [-0.15, -0.1) is 0 Å². The van der Waals surface area contributed by atoms with Crippen LogP contribution >= 0.6 is 11.6 Å². The molecular formula is C11H11ClF2N2O2. The van der Waals surface area contributed by atoms with E-state index in [-0.39, 0.29) is 23.0 Å². The van der Waals surface area contributed by atoms with Crippen molar-refractivity contribution >= 4 is 29.0 Å². The number of esters is 1. The Kier molecular flexibility index (Phi) is 5.03. The molecule has 98 valence electrons. The van der Waals surface area contributed by atoms with Gasteiger partial charge in [-0.1, -0.05) is 11.6 Å². The van der Waals surface area contributed by atoms with Crippen LogP contribution in [-0.4, -0.2) is 18.3 Å². The summed E-state index contributed by atoms with van der Waals surface area (Å²) in [4.78, 5) is 11.2. The average molecular weight is 277 g/mol. The van der Waals surface area contributed by atoms with E-state index in [4.69, 9.17) is 11.6 Å². The van der Waals surface area contributed by atoms with Gasteiger partial charge in [0.15, 0.2) is 5.82 Å². The van der Waals surface area contributed by atoms with Crippen molar-refractivity contribution in [2.45, 2.75) is 13.8 Å². The maximum Gasteiger partial charge on any atom is 0.354 e. The number of ether oxygens (including phenoxy) is 1. The summed E-state index contributed by atoms with van der Waals surface area (Å²) in [5.41, 5.74) is 2.16. The molecule has 0 fully saturated rings. The van der Waals surface area contributed by atoms with Gasteiger partial charge in [0.25, 0.3) is 0 Å². The summed E-state index contributed by atoms with van der Waals surface area (Å²) in [6.45, 7) is 3.26. The van der Waals surface area contributed by atoms with Crippen molar-refractivity contribution in [3.63, 3.8) is 0 Å². The first-order valence-corrected chi connectivity index (χ1v) is 5.45. The molecule has 0 unspecified atom stereocenters. The molecule has 0 aliphatic carbocycles. The van der Waals surface area contributed by atoms with Crippen LogP contribution in [0.2, 0.25) is 5.02 Å². The highest BCUT2D eigenvalue weighted by Crippen LogP contribution is 2.23. The monoisotopic (exact) mass is 276 g/mol. The molecule has 7 heteroatoms. The third-order valence-corrected chi connectivity index (χ3v) is 2.21. The van der Waals surface area contributed by atoms with Gasteiger partial charge in [0.05, 0.1) is 17.3 Å². The summed E-state index contributed by atoms with van der Waals surface area (Å²) in [6.07, 6.45) is 0. The van der Waals surface area contributed by atoms with E-state index in [0.717, 1.165) is 6.07 Å². The van der Waals surface area contributed by atoms with Crippen LogP contribution in [0.5, 0.6) is 0 Å². The molecule has 1 aromatic carbocycles. The molecule has 0 aromatic heterocycles. The molecule has 0 aliphatic rings. The van der Waals surface area contributed by atoms with Crippen molar-refractivity contribution in [2.24, 2.45) is 5.10 Å². The van der Waals surface area contributed by atoms with Crippen LogP contribution < -0.4 is 5.43 Å².